The predicted molar refractivity (Wildman–Crippen MR) is 114 cm³/mol. The van der Waals surface area contributed by atoms with Crippen molar-refractivity contribution in [3.8, 4) is 5.75 Å². The van der Waals surface area contributed by atoms with Gasteiger partial charge in [0.15, 0.2) is 0 Å². The highest BCUT2D eigenvalue weighted by atomic mass is 32.2. The molecule has 0 aromatic heterocycles. The molecule has 3 rings (SSSR count). The summed E-state index contributed by atoms with van der Waals surface area (Å²) in [4.78, 5) is 21.7. The first-order valence-corrected chi connectivity index (χ1v) is 11.9. The van der Waals surface area contributed by atoms with E-state index in [-0.39, 0.29) is 22.3 Å². The monoisotopic (exact) mass is 504 g/mol. The fourth-order valence-electron chi connectivity index (χ4n) is 2.23. The molecule has 0 bridgehead atoms. The van der Waals surface area contributed by atoms with Crippen LogP contribution in [0.3, 0.4) is 0 Å². The fourth-order valence-corrected chi connectivity index (χ4v) is 3.56. The Hall–Kier alpha value is -1.64. The lowest BCUT2D eigenvalue weighted by molar-refractivity contribution is -0.119. The van der Waals surface area contributed by atoms with E-state index in [2.05, 4.69) is 23.3 Å². The van der Waals surface area contributed by atoms with Crippen LogP contribution in [0.4, 0.5) is 13.2 Å². The van der Waals surface area contributed by atoms with Crippen molar-refractivity contribution >= 4 is 46.3 Å². The largest absolute Gasteiger partial charge is 0.522 e. The van der Waals surface area contributed by atoms with Gasteiger partial charge in [0.1, 0.15) is 5.75 Å². The molecule has 2 fully saturated rings. The third-order valence-corrected chi connectivity index (χ3v) is 6.35. The molecule has 2 saturated heterocycles. The molecule has 0 saturated carbocycles. The van der Waals surface area contributed by atoms with Gasteiger partial charge in [-0.2, -0.15) is 34.2 Å². The van der Waals surface area contributed by atoms with E-state index in [1.54, 1.807) is 18.9 Å². The molecular weight excluding hydrogens is 481 g/mol. The molecular formula is C17H23F3N2O6S3. The summed E-state index contributed by atoms with van der Waals surface area (Å²) in [6.07, 6.45) is 1.82. The minimum Gasteiger partial charge on any atom is -0.497 e. The lowest BCUT2D eigenvalue weighted by Crippen LogP contribution is -2.21. The van der Waals surface area contributed by atoms with E-state index in [4.69, 9.17) is 17.7 Å². The third-order valence-electron chi connectivity index (χ3n) is 3.92. The van der Waals surface area contributed by atoms with Crippen LogP contribution in [0.1, 0.15) is 18.4 Å². The minimum absolute atomic E-state index is 0.0417. The molecule has 2 heterocycles. The average Bonchev–Trinajstić information content (AvgIpc) is 3.27. The molecule has 176 valence electrons. The van der Waals surface area contributed by atoms with Gasteiger partial charge in [-0.15, -0.1) is 11.8 Å². The zero-order chi connectivity index (χ0) is 23.7. The molecule has 0 aliphatic carbocycles. The summed E-state index contributed by atoms with van der Waals surface area (Å²) in [6, 6.07) is 7.98. The van der Waals surface area contributed by atoms with E-state index in [9.17, 15) is 22.8 Å². The second kappa shape index (κ2) is 12.4. The van der Waals surface area contributed by atoms with Gasteiger partial charge in [-0.25, -0.2) is 0 Å². The molecule has 2 aliphatic rings. The Balaban J connectivity index is 0.000000268. The number of benzene rings is 1. The Morgan fingerprint density at radius 1 is 1.13 bits per heavy atom. The van der Waals surface area contributed by atoms with Crippen LogP contribution in [0.2, 0.25) is 0 Å². The van der Waals surface area contributed by atoms with Gasteiger partial charge < -0.3 is 15.4 Å². The number of hydrogen-bond donors (Lipinski definition) is 4. The molecule has 14 heteroatoms. The van der Waals surface area contributed by atoms with Crippen molar-refractivity contribution in [2.24, 2.45) is 0 Å². The average molecular weight is 505 g/mol. The van der Waals surface area contributed by atoms with Crippen molar-refractivity contribution in [1.82, 2.24) is 10.6 Å². The highest BCUT2D eigenvalue weighted by molar-refractivity contribution is 7.99. The summed E-state index contributed by atoms with van der Waals surface area (Å²) in [5, 5.41) is 5.58. The quantitative estimate of drug-likeness (QED) is 0.281. The van der Waals surface area contributed by atoms with Gasteiger partial charge in [0.25, 0.3) is 0 Å². The maximum absolute atomic E-state index is 11.3. The van der Waals surface area contributed by atoms with Crippen LogP contribution >= 0.6 is 24.4 Å². The maximum atomic E-state index is 11.3. The number of amides is 2. The number of rotatable bonds is 4. The summed E-state index contributed by atoms with van der Waals surface area (Å²) in [7, 11) is -4.18. The molecule has 8 nitrogen and oxygen atoms in total. The number of thioether (sulfide) groups is 1. The van der Waals surface area contributed by atoms with E-state index in [1.165, 1.54) is 5.56 Å². The van der Waals surface area contributed by atoms with Gasteiger partial charge in [0.05, 0.1) is 17.6 Å². The molecule has 0 radical (unpaired) electrons. The van der Waals surface area contributed by atoms with Crippen molar-refractivity contribution in [2.45, 2.75) is 34.6 Å². The number of thiol groups is 1. The maximum Gasteiger partial charge on any atom is 0.522 e. The Bertz CT molecular complexity index is 835. The second-order valence-corrected chi connectivity index (χ2v) is 9.47. The summed E-state index contributed by atoms with van der Waals surface area (Å²) in [5.74, 6) is 2.00. The van der Waals surface area contributed by atoms with Gasteiger partial charge in [-0.3, -0.25) is 14.1 Å². The number of carbonyl (C=O) groups excluding carboxylic acids is 2. The standard InChI is InChI=1S/C12H15NO2S.C4H7NOS.CHF3O3S/c1-15-10-4-2-9(3-5-10)8-16-11-6-7-13-12(11)14;6-4-3(7)1-2-5-4;2-1(3,4)8(5,6)7/h2-5,11H,6-8H2,1H3,(H,13,14);3,7H,1-2H2,(H,5,6);(H,5,6,7). The zero-order valence-electron chi connectivity index (χ0n) is 16.4. The van der Waals surface area contributed by atoms with Gasteiger partial charge in [0.2, 0.25) is 11.8 Å². The molecule has 1 aromatic carbocycles. The summed E-state index contributed by atoms with van der Waals surface area (Å²) >= 11 is 5.68. The Morgan fingerprint density at radius 2 is 1.65 bits per heavy atom. The number of ether oxygens (including phenoxy) is 1. The smallest absolute Gasteiger partial charge is 0.497 e. The van der Waals surface area contributed by atoms with Crippen molar-refractivity contribution in [1.29, 1.82) is 0 Å². The van der Waals surface area contributed by atoms with Gasteiger partial charge in [-0.1, -0.05) is 12.1 Å². The third kappa shape index (κ3) is 10.0. The van der Waals surface area contributed by atoms with Crippen molar-refractivity contribution in [2.75, 3.05) is 20.2 Å². The number of alkyl halides is 3. The zero-order valence-corrected chi connectivity index (χ0v) is 18.9. The lowest BCUT2D eigenvalue weighted by atomic mass is 10.2. The van der Waals surface area contributed by atoms with Crippen LogP contribution < -0.4 is 15.4 Å². The molecule has 3 N–H and O–H groups in total. The van der Waals surface area contributed by atoms with Crippen LogP contribution in [-0.4, -0.2) is 61.0 Å². The van der Waals surface area contributed by atoms with Gasteiger partial charge >= 0.3 is 15.6 Å². The van der Waals surface area contributed by atoms with E-state index < -0.39 is 15.6 Å². The van der Waals surface area contributed by atoms with E-state index >= 15 is 0 Å². The first-order chi connectivity index (χ1) is 14.3. The van der Waals surface area contributed by atoms with E-state index in [0.717, 1.165) is 37.4 Å². The Kier molecular flexibility index (Phi) is 11.0. The molecule has 0 spiro atoms. The number of halogens is 3. The number of methoxy groups -OCH3 is 1. The number of hydrogen-bond acceptors (Lipinski definition) is 7. The van der Waals surface area contributed by atoms with Crippen LogP contribution in [0.5, 0.6) is 5.75 Å². The van der Waals surface area contributed by atoms with Crippen LogP contribution in [0.15, 0.2) is 24.3 Å². The van der Waals surface area contributed by atoms with Crippen LogP contribution in [-0.2, 0) is 25.5 Å². The molecule has 2 amide bonds. The predicted octanol–water partition coefficient (Wildman–Crippen LogP) is 2.02. The molecule has 31 heavy (non-hydrogen) atoms. The first-order valence-electron chi connectivity index (χ1n) is 8.87. The second-order valence-electron chi connectivity index (χ2n) is 6.24. The number of carbonyl (C=O) groups is 2. The normalized spacial score (nSPS) is 20.6. The topological polar surface area (TPSA) is 122 Å². The number of nitrogens with one attached hydrogen (secondary N) is 2. The highest BCUT2D eigenvalue weighted by Crippen LogP contribution is 2.24. The van der Waals surface area contributed by atoms with Crippen molar-refractivity contribution in [3.05, 3.63) is 29.8 Å². The lowest BCUT2D eigenvalue weighted by Gasteiger charge is -2.07. The van der Waals surface area contributed by atoms with Crippen LogP contribution in [0, 0.1) is 0 Å². The van der Waals surface area contributed by atoms with Gasteiger partial charge in [-0.05, 0) is 30.5 Å². The molecule has 2 aliphatic heterocycles. The molecule has 2 atom stereocenters. The summed E-state index contributed by atoms with van der Waals surface area (Å²) in [6.45, 7) is 1.62. The molecule has 2 unspecified atom stereocenters. The Morgan fingerprint density at radius 3 is 1.97 bits per heavy atom. The van der Waals surface area contributed by atoms with Gasteiger partial charge in [0, 0.05) is 18.8 Å². The highest BCUT2D eigenvalue weighted by Gasteiger charge is 2.44. The fraction of sp³-hybridized carbons (Fsp3) is 0.529. The minimum atomic E-state index is -5.84. The summed E-state index contributed by atoms with van der Waals surface area (Å²) < 4.78 is 62.6. The molecule has 1 aromatic rings. The Labute approximate surface area is 187 Å². The summed E-state index contributed by atoms with van der Waals surface area (Å²) in [5.41, 5.74) is -4.31. The van der Waals surface area contributed by atoms with E-state index in [1.807, 2.05) is 24.3 Å². The SMILES string of the molecule is COc1ccc(CSC2CCNC2=O)cc1.O=C1NCCC1S.O=S(=O)(O)C(F)(F)F. The van der Waals surface area contributed by atoms with Crippen molar-refractivity contribution < 1.29 is 40.5 Å². The van der Waals surface area contributed by atoms with Crippen molar-refractivity contribution in [3.63, 3.8) is 0 Å². The van der Waals surface area contributed by atoms with E-state index in [0.29, 0.717) is 0 Å². The first kappa shape index (κ1) is 27.4. The van der Waals surface area contributed by atoms with Crippen LogP contribution in [0.25, 0.3) is 0 Å².